The Hall–Kier alpha value is -1.19. The molecule has 0 aromatic carbocycles. The van der Waals surface area contributed by atoms with Crippen molar-refractivity contribution in [2.24, 2.45) is 5.92 Å². The summed E-state index contributed by atoms with van der Waals surface area (Å²) in [5, 5.41) is 8.89. The summed E-state index contributed by atoms with van der Waals surface area (Å²) in [6, 6.07) is -1.37. The number of methoxy groups -OCH3 is 1. The number of carbonyl (C=O) groups is 2. The van der Waals surface area contributed by atoms with E-state index < -0.39 is 28.2 Å². The first kappa shape index (κ1) is 17.8. The van der Waals surface area contributed by atoms with Gasteiger partial charge in [0, 0.05) is 13.0 Å². The highest BCUT2D eigenvalue weighted by molar-refractivity contribution is 7.87. The van der Waals surface area contributed by atoms with Gasteiger partial charge in [0.2, 0.25) is 0 Å². The topological polar surface area (TPSA) is 122 Å². The summed E-state index contributed by atoms with van der Waals surface area (Å²) < 4.78 is 31.7. The molecule has 19 heavy (non-hydrogen) atoms. The summed E-state index contributed by atoms with van der Waals surface area (Å²) in [7, 11) is -2.74. The molecule has 1 atom stereocenters. The minimum absolute atomic E-state index is 0.0925. The highest BCUT2D eigenvalue weighted by Crippen LogP contribution is 2.01. The van der Waals surface area contributed by atoms with E-state index in [1.165, 1.54) is 7.11 Å². The molecule has 8 nitrogen and oxygen atoms in total. The van der Waals surface area contributed by atoms with Gasteiger partial charge in [0.1, 0.15) is 6.04 Å². The number of ether oxygens (including phenoxy) is 1. The van der Waals surface area contributed by atoms with Crippen LogP contribution in [0.25, 0.3) is 0 Å². The Balaban J connectivity index is 4.49. The summed E-state index contributed by atoms with van der Waals surface area (Å²) in [6.45, 7) is 3.82. The molecule has 3 N–H and O–H groups in total. The maximum Gasteiger partial charge on any atom is 0.321 e. The Kier molecular flexibility index (Phi) is 7.57. The van der Waals surface area contributed by atoms with Crippen LogP contribution in [0.1, 0.15) is 26.7 Å². The lowest BCUT2D eigenvalue weighted by Crippen LogP contribution is -2.47. The van der Waals surface area contributed by atoms with Crippen molar-refractivity contribution in [2.45, 2.75) is 32.7 Å². The Labute approximate surface area is 112 Å². The largest absolute Gasteiger partial charge is 0.480 e. The lowest BCUT2D eigenvalue weighted by atomic mass is 10.2. The number of esters is 1. The number of hydrogen-bond acceptors (Lipinski definition) is 5. The lowest BCUT2D eigenvalue weighted by molar-refractivity contribution is -0.142. The van der Waals surface area contributed by atoms with Gasteiger partial charge in [-0.25, -0.2) is 4.72 Å². The van der Waals surface area contributed by atoms with Crippen molar-refractivity contribution in [2.75, 3.05) is 13.7 Å². The van der Waals surface area contributed by atoms with Gasteiger partial charge in [0.25, 0.3) is 10.2 Å². The number of aliphatic carboxylic acids is 1. The summed E-state index contributed by atoms with van der Waals surface area (Å²) in [5.41, 5.74) is 0. The molecule has 0 amide bonds. The highest BCUT2D eigenvalue weighted by atomic mass is 32.2. The molecule has 0 bridgehead atoms. The average Bonchev–Trinajstić information content (AvgIpc) is 2.31. The normalized spacial score (nSPS) is 13.3. The SMILES string of the molecule is COC(=O)CC[C@@H](NS(=O)(=O)NCC(C)C)C(=O)O. The molecule has 0 saturated carbocycles. The number of carbonyl (C=O) groups excluding carboxylic acids is 1. The average molecular weight is 296 g/mol. The molecule has 0 aliphatic carbocycles. The quantitative estimate of drug-likeness (QED) is 0.492. The molecular formula is C10H20N2O6S. The molecule has 0 rings (SSSR count). The molecule has 0 fully saturated rings. The van der Waals surface area contributed by atoms with Gasteiger partial charge in [-0.1, -0.05) is 13.8 Å². The number of carboxylic acids is 1. The minimum atomic E-state index is -3.91. The van der Waals surface area contributed by atoms with Crippen LogP contribution in [-0.4, -0.2) is 45.2 Å². The zero-order valence-corrected chi connectivity index (χ0v) is 12.0. The molecular weight excluding hydrogens is 276 g/mol. The molecule has 0 radical (unpaired) electrons. The van der Waals surface area contributed by atoms with Crippen LogP contribution in [0.2, 0.25) is 0 Å². The molecule has 0 aliphatic rings. The molecule has 0 heterocycles. The van der Waals surface area contributed by atoms with Gasteiger partial charge >= 0.3 is 11.9 Å². The third-order valence-electron chi connectivity index (χ3n) is 2.14. The minimum Gasteiger partial charge on any atom is -0.480 e. The highest BCUT2D eigenvalue weighted by Gasteiger charge is 2.24. The number of carboxylic acid groups (broad SMARTS) is 1. The van der Waals surface area contributed by atoms with E-state index >= 15 is 0 Å². The van der Waals surface area contributed by atoms with Crippen LogP contribution in [0.3, 0.4) is 0 Å². The maximum atomic E-state index is 11.6. The zero-order valence-electron chi connectivity index (χ0n) is 11.2. The van der Waals surface area contributed by atoms with Crippen LogP contribution in [0.4, 0.5) is 0 Å². The summed E-state index contributed by atoms with van der Waals surface area (Å²) in [5.74, 6) is -1.85. The van der Waals surface area contributed by atoms with Crippen LogP contribution < -0.4 is 9.44 Å². The van der Waals surface area contributed by atoms with Gasteiger partial charge < -0.3 is 9.84 Å². The fourth-order valence-corrected chi connectivity index (χ4v) is 2.33. The second kappa shape index (κ2) is 8.08. The third kappa shape index (κ3) is 8.51. The molecule has 0 unspecified atom stereocenters. The van der Waals surface area contributed by atoms with Crippen molar-refractivity contribution < 1.29 is 27.9 Å². The molecule has 9 heteroatoms. The fraction of sp³-hybridized carbons (Fsp3) is 0.800. The Morgan fingerprint density at radius 3 is 2.32 bits per heavy atom. The second-order valence-corrected chi connectivity index (χ2v) is 5.90. The van der Waals surface area contributed by atoms with Gasteiger partial charge in [0.05, 0.1) is 7.11 Å². The van der Waals surface area contributed by atoms with Crippen LogP contribution in [-0.2, 0) is 24.5 Å². The second-order valence-electron chi connectivity index (χ2n) is 4.37. The van der Waals surface area contributed by atoms with Crippen molar-refractivity contribution in [3.63, 3.8) is 0 Å². The molecule has 0 aromatic heterocycles. The maximum absolute atomic E-state index is 11.6. The monoisotopic (exact) mass is 296 g/mol. The lowest BCUT2D eigenvalue weighted by Gasteiger charge is -2.15. The van der Waals surface area contributed by atoms with E-state index in [-0.39, 0.29) is 25.3 Å². The van der Waals surface area contributed by atoms with Crippen molar-refractivity contribution in [3.05, 3.63) is 0 Å². The number of nitrogens with one attached hydrogen (secondary N) is 2. The van der Waals surface area contributed by atoms with Gasteiger partial charge in [-0.3, -0.25) is 9.59 Å². The molecule has 0 saturated heterocycles. The fourth-order valence-electron chi connectivity index (χ4n) is 1.10. The van der Waals surface area contributed by atoms with Crippen LogP contribution in [0, 0.1) is 5.92 Å². The summed E-state index contributed by atoms with van der Waals surface area (Å²) in [6.07, 6.45) is -0.356. The van der Waals surface area contributed by atoms with Gasteiger partial charge in [-0.15, -0.1) is 0 Å². The third-order valence-corrected chi connectivity index (χ3v) is 3.28. The van der Waals surface area contributed by atoms with Crippen molar-refractivity contribution in [1.29, 1.82) is 0 Å². The number of hydrogen-bond donors (Lipinski definition) is 3. The van der Waals surface area contributed by atoms with Crippen molar-refractivity contribution in [3.8, 4) is 0 Å². The first-order valence-electron chi connectivity index (χ1n) is 5.74. The van der Waals surface area contributed by atoms with Crippen LogP contribution >= 0.6 is 0 Å². The standard InChI is InChI=1S/C10H20N2O6S/c1-7(2)6-11-19(16,17)12-8(10(14)15)4-5-9(13)18-3/h7-8,11-12H,4-6H2,1-3H3,(H,14,15)/t8-/m1/s1. The van der Waals surface area contributed by atoms with Gasteiger partial charge in [0.15, 0.2) is 0 Å². The molecule has 112 valence electrons. The van der Waals surface area contributed by atoms with Gasteiger partial charge in [-0.05, 0) is 12.3 Å². The van der Waals surface area contributed by atoms with Gasteiger partial charge in [-0.2, -0.15) is 13.1 Å². The van der Waals surface area contributed by atoms with E-state index in [0.29, 0.717) is 0 Å². The first-order chi connectivity index (χ1) is 8.68. The number of rotatable bonds is 9. The molecule has 0 aromatic rings. The van der Waals surface area contributed by atoms with E-state index in [4.69, 9.17) is 5.11 Å². The van der Waals surface area contributed by atoms with E-state index in [2.05, 4.69) is 9.46 Å². The Morgan fingerprint density at radius 2 is 1.89 bits per heavy atom. The van der Waals surface area contributed by atoms with Crippen LogP contribution in [0.5, 0.6) is 0 Å². The smallest absolute Gasteiger partial charge is 0.321 e. The van der Waals surface area contributed by atoms with E-state index in [1.54, 1.807) is 0 Å². The summed E-state index contributed by atoms with van der Waals surface area (Å²) in [4.78, 5) is 21.8. The van der Waals surface area contributed by atoms with Crippen molar-refractivity contribution in [1.82, 2.24) is 9.44 Å². The Bertz CT molecular complexity index is 406. The van der Waals surface area contributed by atoms with Crippen molar-refractivity contribution >= 4 is 22.1 Å². The molecule has 0 spiro atoms. The van der Waals surface area contributed by atoms with E-state index in [1.807, 2.05) is 18.6 Å². The van der Waals surface area contributed by atoms with E-state index in [0.717, 1.165) is 0 Å². The van der Waals surface area contributed by atoms with Crippen LogP contribution in [0.15, 0.2) is 0 Å². The first-order valence-corrected chi connectivity index (χ1v) is 7.22. The van der Waals surface area contributed by atoms with E-state index in [9.17, 15) is 18.0 Å². The zero-order chi connectivity index (χ0) is 15.1. The summed E-state index contributed by atoms with van der Waals surface area (Å²) >= 11 is 0. The predicted molar refractivity (Wildman–Crippen MR) is 67.6 cm³/mol. The predicted octanol–water partition coefficient (Wildman–Crippen LogP) is -0.527. The molecule has 0 aliphatic heterocycles. The Morgan fingerprint density at radius 1 is 1.32 bits per heavy atom.